The standard InChI is InChI=1S/C67H90N8O9SSi/c1-12-73-56-31-28-47-38-52(56)53(61(73)51-22-18-32-68-58(51)43(6)82-11)39-67(7,8)41-83-66(80)54-23-19-33-74(70-54)64(78)55(36-44-34-48(47)37-49(35-44)84-86(13-2,14-3)15-4)69-63(77)60(45-20-16-17-21-45)72(10)57(76)40-71(9)65(79)62-59(46-26-27-46)75(62)85(81)50-29-24-42(5)25-30-50/h18,22,24-25,28-32,34-35,37-38,43,45-46,54-55,59-60,62,70H,12-17,19-21,23,26-27,33,36,39-41H2,1-11H3,(H,69,77)/t43-,54-,55-,59?,60-,62+,75?,85+/m0/s1. The predicted molar refractivity (Wildman–Crippen MR) is 337 cm³/mol. The molecule has 462 valence electrons. The van der Waals surface area contributed by atoms with Crippen molar-refractivity contribution >= 4 is 59.8 Å². The molecule has 2 saturated carbocycles. The first-order valence-electron chi connectivity index (χ1n) is 31.5. The molecule has 10 rings (SSSR count). The first-order chi connectivity index (χ1) is 41.2. The third kappa shape index (κ3) is 13.1. The van der Waals surface area contributed by atoms with Crippen molar-refractivity contribution in [2.45, 2.75) is 185 Å². The fraction of sp³-hybridized carbons (Fsp3) is 0.552. The molecular weight excluding hydrogens is 1120 g/mol. The first kappa shape index (κ1) is 62.8. The number of hydrazine groups is 1. The number of nitrogens with one attached hydrogen (secondary N) is 2. The van der Waals surface area contributed by atoms with E-state index in [1.165, 1.54) is 14.8 Å². The number of ether oxygens (including phenoxy) is 2. The Bertz CT molecular complexity index is 3350. The number of hydrogen-bond acceptors (Lipinski definition) is 11. The summed E-state index contributed by atoms with van der Waals surface area (Å²) in [5.41, 5.74) is 11.3. The van der Waals surface area contributed by atoms with Crippen LogP contribution in [0.15, 0.2) is 83.9 Å². The van der Waals surface area contributed by atoms with Crippen LogP contribution in [-0.4, -0.2) is 142 Å². The maximum Gasteiger partial charge on any atom is 0.324 e. The van der Waals surface area contributed by atoms with E-state index < -0.39 is 72.6 Å². The molecule has 2 aromatic heterocycles. The first-order valence-corrected chi connectivity index (χ1v) is 35.1. The van der Waals surface area contributed by atoms with E-state index in [0.717, 1.165) is 99.5 Å². The summed E-state index contributed by atoms with van der Waals surface area (Å²) in [6, 6.07) is 23.4. The summed E-state index contributed by atoms with van der Waals surface area (Å²) >= 11 is 0. The van der Waals surface area contributed by atoms with Crippen molar-refractivity contribution in [1.82, 2.24) is 39.4 Å². The van der Waals surface area contributed by atoms with Crippen LogP contribution >= 0.6 is 0 Å². The van der Waals surface area contributed by atoms with Crippen molar-refractivity contribution in [2.24, 2.45) is 17.3 Å². The molecule has 2 unspecified atom stereocenters. The summed E-state index contributed by atoms with van der Waals surface area (Å²) in [7, 11) is 1.09. The maximum atomic E-state index is 15.5. The van der Waals surface area contributed by atoms with E-state index in [-0.39, 0.29) is 56.0 Å². The van der Waals surface area contributed by atoms with Crippen molar-refractivity contribution in [3.8, 4) is 28.1 Å². The Morgan fingerprint density at radius 3 is 2.31 bits per heavy atom. The topological polar surface area (TPSA) is 185 Å². The second-order valence-electron chi connectivity index (χ2n) is 25.7. The van der Waals surface area contributed by atoms with Crippen LogP contribution in [0.5, 0.6) is 5.75 Å². The Balaban J connectivity index is 1.02. The van der Waals surface area contributed by atoms with Crippen molar-refractivity contribution in [3.63, 3.8) is 0 Å². The minimum Gasteiger partial charge on any atom is -0.543 e. The van der Waals surface area contributed by atoms with Gasteiger partial charge in [0.1, 0.15) is 40.9 Å². The van der Waals surface area contributed by atoms with Gasteiger partial charge in [-0.2, -0.15) is 0 Å². The lowest BCUT2D eigenvalue weighted by Gasteiger charge is -2.37. The van der Waals surface area contributed by atoms with Crippen LogP contribution in [0.4, 0.5) is 0 Å². The van der Waals surface area contributed by atoms with Crippen molar-refractivity contribution < 1.29 is 42.1 Å². The Kier molecular flexibility index (Phi) is 19.1. The summed E-state index contributed by atoms with van der Waals surface area (Å²) in [4.78, 5) is 82.6. The van der Waals surface area contributed by atoms with E-state index in [4.69, 9.17) is 18.9 Å². The molecule has 19 heteroatoms. The van der Waals surface area contributed by atoms with Crippen LogP contribution in [0.3, 0.4) is 0 Å². The molecule has 0 radical (unpaired) electrons. The van der Waals surface area contributed by atoms with Crippen LogP contribution in [-0.2, 0) is 63.8 Å². The van der Waals surface area contributed by atoms with E-state index in [2.05, 4.69) is 93.3 Å². The molecule has 3 aromatic carbocycles. The van der Waals surface area contributed by atoms with Gasteiger partial charge in [-0.1, -0.05) is 77.3 Å². The fourth-order valence-corrected chi connectivity index (χ4v) is 17.8. The van der Waals surface area contributed by atoms with Gasteiger partial charge in [-0.25, -0.2) is 13.9 Å². The summed E-state index contributed by atoms with van der Waals surface area (Å²) in [6.45, 7) is 17.7. The molecule has 3 aliphatic heterocycles. The molecule has 2 aliphatic carbocycles. The molecule has 4 fully saturated rings. The smallest absolute Gasteiger partial charge is 0.324 e. The number of carbonyl (C=O) groups excluding carboxylic acids is 5. The van der Waals surface area contributed by atoms with Gasteiger partial charge in [0.05, 0.1) is 41.6 Å². The summed E-state index contributed by atoms with van der Waals surface area (Å²) in [5, 5.41) is 5.74. The number of aromatic nitrogens is 2. The number of esters is 1. The molecule has 86 heavy (non-hydrogen) atoms. The number of hydrogen-bond donors (Lipinski definition) is 2. The lowest BCUT2D eigenvalue weighted by molar-refractivity contribution is -0.155. The van der Waals surface area contributed by atoms with Crippen LogP contribution in [0.2, 0.25) is 18.1 Å². The third-order valence-corrected chi connectivity index (χ3v) is 25.2. The normalized spacial score (nSPS) is 22.8. The monoisotopic (exact) mass is 1210 g/mol. The Hall–Kier alpha value is -6.25. The van der Waals surface area contributed by atoms with Gasteiger partial charge in [0, 0.05) is 68.8 Å². The van der Waals surface area contributed by atoms with Gasteiger partial charge in [-0.05, 0) is 166 Å². The number of fused-ring (bicyclic) bond motifs is 6. The van der Waals surface area contributed by atoms with E-state index in [9.17, 15) is 18.6 Å². The number of pyridine rings is 1. The molecule has 5 aromatic rings. The Labute approximate surface area is 511 Å². The molecule has 5 aliphatic rings. The highest BCUT2D eigenvalue weighted by Gasteiger charge is 2.62. The second kappa shape index (κ2) is 26.2. The third-order valence-electron chi connectivity index (χ3n) is 19.2. The number of amides is 4. The van der Waals surface area contributed by atoms with Gasteiger partial charge in [-0.15, -0.1) is 0 Å². The number of rotatable bonds is 19. The summed E-state index contributed by atoms with van der Waals surface area (Å²) in [6.07, 6.45) is 8.17. The van der Waals surface area contributed by atoms with Crippen LogP contribution in [0.1, 0.15) is 128 Å². The summed E-state index contributed by atoms with van der Waals surface area (Å²) < 4.78 is 37.4. The number of nitrogens with zero attached hydrogens (tertiary/aromatic N) is 6. The molecule has 0 spiro atoms. The molecule has 2 N–H and O–H groups in total. The van der Waals surface area contributed by atoms with E-state index in [1.54, 1.807) is 31.7 Å². The number of aryl methyl sites for hydroxylation is 2. The van der Waals surface area contributed by atoms with Gasteiger partial charge >= 0.3 is 5.97 Å². The van der Waals surface area contributed by atoms with Gasteiger partial charge in [0.25, 0.3) is 5.91 Å². The fourth-order valence-electron chi connectivity index (χ4n) is 13.7. The lowest BCUT2D eigenvalue weighted by Crippen LogP contribution is -2.62. The molecular formula is C67H90N8O9SSi. The highest BCUT2D eigenvalue weighted by Crippen LogP contribution is 2.49. The van der Waals surface area contributed by atoms with Crippen LogP contribution in [0, 0.1) is 24.2 Å². The number of methoxy groups -OCH3 is 1. The highest BCUT2D eigenvalue weighted by atomic mass is 32.2. The largest absolute Gasteiger partial charge is 0.543 e. The van der Waals surface area contributed by atoms with Gasteiger partial charge in [0.2, 0.25) is 26.0 Å². The average Bonchev–Trinajstić information content (AvgIpc) is 1.60. The Morgan fingerprint density at radius 1 is 0.919 bits per heavy atom. The minimum absolute atomic E-state index is 0.0663. The molecule has 4 amide bonds. The minimum atomic E-state index is -2.28. The number of cyclic esters (lactones) is 1. The molecule has 6 bridgehead atoms. The van der Waals surface area contributed by atoms with Crippen molar-refractivity contribution in [2.75, 3.05) is 40.9 Å². The lowest BCUT2D eigenvalue weighted by atomic mass is 9.84. The van der Waals surface area contributed by atoms with Crippen LogP contribution in [0.25, 0.3) is 33.3 Å². The molecule has 5 heterocycles. The predicted octanol–water partition coefficient (Wildman–Crippen LogP) is 10.1. The quantitative estimate of drug-likeness (QED) is 0.0456. The number of carbonyl (C=O) groups is 5. The zero-order valence-electron chi connectivity index (χ0n) is 52.4. The second-order valence-corrected chi connectivity index (χ2v) is 31.8. The Morgan fingerprint density at radius 2 is 1.64 bits per heavy atom. The van der Waals surface area contributed by atoms with E-state index in [0.29, 0.717) is 49.3 Å². The molecule has 2 saturated heterocycles. The number of likely N-dealkylation sites (N-methyl/N-ethyl adjacent to an activating group) is 2. The zero-order chi connectivity index (χ0) is 61.4. The average molecular weight is 1210 g/mol. The van der Waals surface area contributed by atoms with E-state index >= 15 is 9.59 Å². The highest BCUT2D eigenvalue weighted by molar-refractivity contribution is 7.83. The van der Waals surface area contributed by atoms with Gasteiger partial charge < -0.3 is 33.6 Å². The van der Waals surface area contributed by atoms with Crippen molar-refractivity contribution in [3.05, 3.63) is 101 Å². The maximum absolute atomic E-state index is 15.5. The SMILES string of the molecule is CCn1c(-c2cccnc2[C@H](C)OC)c2c3cc(ccc31)-c1cc(cc(O[Si](CC)(CC)CC)c1)C[C@H](NC(=O)[C@H](C1CCCC1)N(C)C(=O)CN(C)C(=O)[C@H]1C(C3CC3)N1[S@](=O)c1ccc(C)cc1)C(=O)N1CCC[C@H](N1)C(=O)OCC(C)(C)C2. The molecule has 17 nitrogen and oxygen atoms in total. The van der Waals surface area contributed by atoms with Gasteiger partial charge in [0.15, 0.2) is 0 Å². The van der Waals surface area contributed by atoms with Crippen molar-refractivity contribution in [1.29, 1.82) is 0 Å². The van der Waals surface area contributed by atoms with E-state index in [1.807, 2.05) is 50.2 Å². The zero-order valence-corrected chi connectivity index (χ0v) is 54.2. The number of benzene rings is 3. The summed E-state index contributed by atoms with van der Waals surface area (Å²) in [5.74, 6) is -1.30. The molecule has 8 atom stereocenters. The van der Waals surface area contributed by atoms with Crippen LogP contribution < -0.4 is 15.2 Å². The van der Waals surface area contributed by atoms with Gasteiger partial charge in [-0.3, -0.25) is 34.0 Å².